The molecule has 1 saturated carbocycles. The maximum atomic E-state index is 13.1. The predicted molar refractivity (Wildman–Crippen MR) is 102 cm³/mol. The van der Waals surface area contributed by atoms with Crippen molar-refractivity contribution in [1.82, 2.24) is 0 Å². The van der Waals surface area contributed by atoms with Gasteiger partial charge in [0.25, 0.3) is 0 Å². The summed E-state index contributed by atoms with van der Waals surface area (Å²) in [7, 11) is 1.22. The van der Waals surface area contributed by atoms with Gasteiger partial charge in [0.05, 0.1) is 24.2 Å². The molecule has 158 valence electrons. The molecule has 0 aromatic heterocycles. The van der Waals surface area contributed by atoms with Gasteiger partial charge in [0.1, 0.15) is 5.75 Å². The molecular formula is C21H26O8. The minimum Gasteiger partial charge on any atom is -0.507 e. The van der Waals surface area contributed by atoms with Crippen molar-refractivity contribution in [2.45, 2.75) is 58.0 Å². The summed E-state index contributed by atoms with van der Waals surface area (Å²) < 4.78 is 4.91. The van der Waals surface area contributed by atoms with Crippen LogP contribution in [0.3, 0.4) is 0 Å². The van der Waals surface area contributed by atoms with E-state index in [9.17, 15) is 35.1 Å². The Morgan fingerprint density at radius 3 is 2.28 bits per heavy atom. The number of Topliss-reactive ketones (excluding diaryl/α,β-unsaturated/α-hetero) is 1. The van der Waals surface area contributed by atoms with E-state index in [-0.39, 0.29) is 28.7 Å². The van der Waals surface area contributed by atoms with Crippen molar-refractivity contribution < 1.29 is 39.9 Å². The van der Waals surface area contributed by atoms with E-state index in [4.69, 9.17) is 4.74 Å². The average Bonchev–Trinajstić information content (AvgIpc) is 2.65. The highest BCUT2D eigenvalue weighted by molar-refractivity contribution is 6.14. The first-order valence-electron chi connectivity index (χ1n) is 9.47. The molecule has 5 N–H and O–H groups in total. The van der Waals surface area contributed by atoms with Crippen LogP contribution in [0.5, 0.6) is 17.2 Å². The fraction of sp³-hybridized carbons (Fsp3) is 0.524. The van der Waals surface area contributed by atoms with E-state index in [0.717, 1.165) is 0 Å². The van der Waals surface area contributed by atoms with Gasteiger partial charge in [-0.3, -0.25) is 9.59 Å². The lowest BCUT2D eigenvalue weighted by atomic mass is 9.53. The van der Waals surface area contributed by atoms with Crippen molar-refractivity contribution in [3.63, 3.8) is 0 Å². The van der Waals surface area contributed by atoms with Crippen molar-refractivity contribution >= 4 is 11.8 Å². The molecule has 0 spiro atoms. The maximum absolute atomic E-state index is 13.1. The van der Waals surface area contributed by atoms with Gasteiger partial charge in [-0.05, 0) is 26.7 Å². The van der Waals surface area contributed by atoms with Gasteiger partial charge in [-0.25, -0.2) is 0 Å². The molecule has 0 radical (unpaired) electrons. The summed E-state index contributed by atoms with van der Waals surface area (Å²) >= 11 is 0. The van der Waals surface area contributed by atoms with Gasteiger partial charge in [0.2, 0.25) is 5.78 Å². The molecule has 0 heterocycles. The predicted octanol–water partition coefficient (Wildman–Crippen LogP) is 2.36. The van der Waals surface area contributed by atoms with Crippen LogP contribution in [-0.2, 0) is 21.4 Å². The molecule has 0 aliphatic heterocycles. The van der Waals surface area contributed by atoms with Gasteiger partial charge in [0, 0.05) is 28.5 Å². The van der Waals surface area contributed by atoms with Gasteiger partial charge in [-0.2, -0.15) is 0 Å². The maximum Gasteiger partial charge on any atom is 0.315 e. The number of hydrogen-bond donors (Lipinski definition) is 5. The highest BCUT2D eigenvalue weighted by Crippen LogP contribution is 2.61. The minimum atomic E-state index is -1.31. The van der Waals surface area contributed by atoms with Crippen LogP contribution in [0.15, 0.2) is 11.3 Å². The van der Waals surface area contributed by atoms with Gasteiger partial charge in [-0.1, -0.05) is 13.3 Å². The number of aromatic hydroxyl groups is 3. The molecule has 8 nitrogen and oxygen atoms in total. The molecule has 29 heavy (non-hydrogen) atoms. The number of esters is 1. The number of ketones is 1. The number of phenols is 3. The smallest absolute Gasteiger partial charge is 0.315 e. The zero-order valence-electron chi connectivity index (χ0n) is 16.9. The third kappa shape index (κ3) is 2.69. The average molecular weight is 406 g/mol. The first kappa shape index (κ1) is 21.0. The Morgan fingerprint density at radius 1 is 1.10 bits per heavy atom. The largest absolute Gasteiger partial charge is 0.507 e. The van der Waals surface area contributed by atoms with Gasteiger partial charge < -0.3 is 30.3 Å². The number of aliphatic hydroxyl groups excluding tert-OH is 2. The second kappa shape index (κ2) is 6.66. The first-order chi connectivity index (χ1) is 13.4. The summed E-state index contributed by atoms with van der Waals surface area (Å²) in [6.07, 6.45) is 0.0377. The third-order valence-electron chi connectivity index (χ3n) is 6.34. The van der Waals surface area contributed by atoms with Crippen molar-refractivity contribution in [2.24, 2.45) is 5.41 Å². The van der Waals surface area contributed by atoms with Crippen LogP contribution >= 0.6 is 0 Å². The highest BCUT2D eigenvalue weighted by atomic mass is 16.5. The van der Waals surface area contributed by atoms with Crippen LogP contribution in [-0.4, -0.2) is 50.5 Å². The van der Waals surface area contributed by atoms with Gasteiger partial charge >= 0.3 is 5.97 Å². The topological polar surface area (TPSA) is 145 Å². The second-order valence-corrected chi connectivity index (χ2v) is 8.39. The molecular weight excluding hydrogens is 380 g/mol. The Morgan fingerprint density at radius 2 is 1.72 bits per heavy atom. The summed E-state index contributed by atoms with van der Waals surface area (Å²) in [5.41, 5.74) is -2.94. The van der Waals surface area contributed by atoms with E-state index < -0.39 is 51.7 Å². The van der Waals surface area contributed by atoms with Gasteiger partial charge in [0.15, 0.2) is 17.3 Å². The SMILES string of the molecule is COC(=O)[C@@]1(C)CCC[C@@]2(C)C1=C(O)C(=O)c1c(O)c(C[C@H](C)O)c(O)c(O)c12. The van der Waals surface area contributed by atoms with Crippen molar-refractivity contribution in [2.75, 3.05) is 7.11 Å². The first-order valence-corrected chi connectivity index (χ1v) is 9.47. The number of ether oxygens (including phenoxy) is 1. The molecule has 0 amide bonds. The Labute approximate surface area is 168 Å². The second-order valence-electron chi connectivity index (χ2n) is 8.39. The number of fused-ring (bicyclic) bond motifs is 3. The van der Waals surface area contributed by atoms with Crippen molar-refractivity contribution in [3.8, 4) is 17.2 Å². The molecule has 1 fully saturated rings. The van der Waals surface area contributed by atoms with Gasteiger partial charge in [-0.15, -0.1) is 0 Å². The summed E-state index contributed by atoms with van der Waals surface area (Å²) in [6.45, 7) is 4.65. The van der Waals surface area contributed by atoms with E-state index >= 15 is 0 Å². The highest BCUT2D eigenvalue weighted by Gasteiger charge is 2.57. The summed E-state index contributed by atoms with van der Waals surface area (Å²) in [4.78, 5) is 25.6. The number of allylic oxidation sites excluding steroid dienone is 1. The summed E-state index contributed by atoms with van der Waals surface area (Å²) in [5.74, 6) is -4.09. The number of phenolic OH excluding ortho intramolecular Hbond substituents is 3. The number of carbonyl (C=O) groups excluding carboxylic acids is 2. The van der Waals surface area contributed by atoms with Crippen LogP contribution in [0, 0.1) is 5.41 Å². The summed E-state index contributed by atoms with van der Waals surface area (Å²) in [5, 5.41) is 52.6. The lowest BCUT2D eigenvalue weighted by molar-refractivity contribution is -0.151. The molecule has 0 saturated heterocycles. The fourth-order valence-corrected chi connectivity index (χ4v) is 5.10. The van der Waals surface area contributed by atoms with Crippen LogP contribution in [0.1, 0.15) is 61.5 Å². The summed E-state index contributed by atoms with van der Waals surface area (Å²) in [6, 6.07) is 0. The molecule has 0 bridgehead atoms. The molecule has 2 aliphatic carbocycles. The molecule has 2 aliphatic rings. The van der Waals surface area contributed by atoms with Crippen LogP contribution in [0.4, 0.5) is 0 Å². The normalized spacial score (nSPS) is 27.3. The number of rotatable bonds is 3. The molecule has 1 aromatic carbocycles. The van der Waals surface area contributed by atoms with E-state index in [1.807, 2.05) is 0 Å². The number of aliphatic hydroxyl groups is 2. The van der Waals surface area contributed by atoms with Crippen LogP contribution in [0.2, 0.25) is 0 Å². The monoisotopic (exact) mass is 406 g/mol. The third-order valence-corrected chi connectivity index (χ3v) is 6.34. The lowest BCUT2D eigenvalue weighted by Gasteiger charge is -2.48. The van der Waals surface area contributed by atoms with Crippen LogP contribution in [0.25, 0.3) is 0 Å². The zero-order chi connectivity index (χ0) is 21.9. The molecule has 0 unspecified atom stereocenters. The minimum absolute atomic E-state index is 0.0329. The molecule has 1 aromatic rings. The van der Waals surface area contributed by atoms with E-state index in [0.29, 0.717) is 19.3 Å². The molecule has 3 atom stereocenters. The van der Waals surface area contributed by atoms with Crippen molar-refractivity contribution in [3.05, 3.63) is 28.0 Å². The Kier molecular flexibility index (Phi) is 4.82. The van der Waals surface area contributed by atoms with Crippen LogP contribution < -0.4 is 0 Å². The quantitative estimate of drug-likeness (QED) is 0.292. The van der Waals surface area contributed by atoms with E-state index in [1.165, 1.54) is 14.0 Å². The Hall–Kier alpha value is -2.74. The number of hydrogen-bond acceptors (Lipinski definition) is 8. The standard InChI is InChI=1S/C21H26O8/c1-9(22)8-10-13(23)11-12(16(26)14(10)24)20(2)6-5-7-21(3,19(28)29-4)18(20)17(27)15(11)25/h9,22-24,26-27H,5-8H2,1-4H3/t9-,20+,21-/m0/s1. The lowest BCUT2D eigenvalue weighted by Crippen LogP contribution is -2.48. The molecule has 3 rings (SSSR count). The molecule has 8 heteroatoms. The zero-order valence-corrected chi connectivity index (χ0v) is 16.9. The van der Waals surface area contributed by atoms with Crippen molar-refractivity contribution in [1.29, 1.82) is 0 Å². The Bertz CT molecular complexity index is 945. The van der Waals surface area contributed by atoms with E-state index in [1.54, 1.807) is 13.8 Å². The fourth-order valence-electron chi connectivity index (χ4n) is 5.10. The Balaban J connectivity index is 2.39. The number of carbonyl (C=O) groups is 2. The number of methoxy groups -OCH3 is 1. The number of benzene rings is 1. The van der Waals surface area contributed by atoms with E-state index in [2.05, 4.69) is 0 Å².